The average molecular weight is 273 g/mol. The third-order valence-electron chi connectivity index (χ3n) is 3.16. The van der Waals surface area contributed by atoms with Crippen molar-refractivity contribution in [1.29, 1.82) is 0 Å². The van der Waals surface area contributed by atoms with Gasteiger partial charge in [-0.25, -0.2) is 4.98 Å². The first kappa shape index (κ1) is 8.47. The normalized spacial score (nSPS) is 14.3. The molecule has 0 radical (unpaired) electrons. The number of nitrogens with zero attached hydrogens (tertiary/aromatic N) is 3. The van der Waals surface area contributed by atoms with E-state index in [0.717, 1.165) is 5.39 Å². The van der Waals surface area contributed by atoms with Crippen LogP contribution in [-0.4, -0.2) is 14.5 Å². The largest absolute Gasteiger partial charge is 0.418 e. The fourth-order valence-electron chi connectivity index (χ4n) is 2.19. The van der Waals surface area contributed by atoms with Crippen LogP contribution in [0.5, 0.6) is 0 Å². The van der Waals surface area contributed by atoms with Gasteiger partial charge in [0, 0.05) is 33.8 Å². The Kier molecular flexibility index (Phi) is 1.65. The van der Waals surface area contributed by atoms with Gasteiger partial charge in [-0.2, -0.15) is 9.37 Å². The van der Waals surface area contributed by atoms with Gasteiger partial charge in [-0.3, -0.25) is 0 Å². The molecule has 4 nitrogen and oxygen atoms in total. The van der Waals surface area contributed by atoms with Crippen LogP contribution < -0.4 is 0 Å². The molecule has 0 N–H and O–H groups in total. The minimum atomic E-state index is -2.23. The van der Waals surface area contributed by atoms with E-state index in [2.05, 4.69) is 9.97 Å². The lowest BCUT2D eigenvalue weighted by atomic mass is 10.1. The third-order valence-corrected chi connectivity index (χ3v) is 3.16. The van der Waals surface area contributed by atoms with Crippen LogP contribution in [0.2, 0.25) is 0 Å². The van der Waals surface area contributed by atoms with Gasteiger partial charge in [0.1, 0.15) is 5.52 Å². The molecule has 0 bridgehead atoms. The first-order chi connectivity index (χ1) is 10.9. The number of pyridine rings is 1. The lowest BCUT2D eigenvalue weighted by Crippen LogP contribution is -1.83. The van der Waals surface area contributed by atoms with E-state index in [4.69, 9.17) is 8.53 Å². The number of fused-ring (bicyclic) bond motifs is 2. The maximum absolute atomic E-state index is 13.1. The maximum Gasteiger partial charge on any atom is 0.250 e. The Hall–Kier alpha value is -2.69. The Morgan fingerprint density at radius 2 is 2.15 bits per heavy atom. The highest BCUT2D eigenvalue weighted by Crippen LogP contribution is 2.26. The summed E-state index contributed by atoms with van der Waals surface area (Å²) in [5, 5.41) is 0.750. The number of halogens is 1. The lowest BCUT2D eigenvalue weighted by molar-refractivity contribution is 0.559. The van der Waals surface area contributed by atoms with Crippen molar-refractivity contribution < 1.29 is 12.9 Å². The van der Waals surface area contributed by atoms with Gasteiger partial charge in [-0.05, 0) is 36.4 Å². The first-order valence-electron chi connectivity index (χ1n) is 7.47. The molecule has 0 fully saturated rings. The molecule has 0 spiro atoms. The smallest absolute Gasteiger partial charge is 0.250 e. The lowest BCUT2D eigenvalue weighted by Gasteiger charge is -1.98. The Bertz CT molecular complexity index is 1040. The molecule has 5 heteroatoms. The highest BCUT2D eigenvalue weighted by molar-refractivity contribution is 5.85. The quantitative estimate of drug-likeness (QED) is 0.498. The third kappa shape index (κ3) is 1.60. The van der Waals surface area contributed by atoms with Crippen LogP contribution in [0.25, 0.3) is 33.6 Å². The van der Waals surface area contributed by atoms with Crippen LogP contribution in [0, 0.1) is 5.95 Å². The SMILES string of the molecule is [3H]C([3H])([3H])n1ccc2cc(-c3nc4ccc(F)nc4o3)ccc21. The zero-order valence-corrected chi connectivity index (χ0v) is 10.2. The number of hydrogen-bond acceptors (Lipinski definition) is 3. The molecule has 0 aliphatic rings. The van der Waals surface area contributed by atoms with E-state index in [1.807, 2.05) is 0 Å². The highest BCUT2D eigenvalue weighted by Gasteiger charge is 2.11. The molecule has 20 heavy (non-hydrogen) atoms. The van der Waals surface area contributed by atoms with E-state index < -0.39 is 12.9 Å². The molecule has 0 aliphatic heterocycles. The summed E-state index contributed by atoms with van der Waals surface area (Å²) in [4.78, 5) is 7.92. The Morgan fingerprint density at radius 1 is 1.20 bits per heavy atom. The van der Waals surface area contributed by atoms with Crippen LogP contribution in [0.3, 0.4) is 0 Å². The van der Waals surface area contributed by atoms with Gasteiger partial charge in [-0.15, -0.1) is 0 Å². The van der Waals surface area contributed by atoms with E-state index in [-0.39, 0.29) is 5.71 Å². The second-order valence-electron chi connectivity index (χ2n) is 4.44. The minimum absolute atomic E-state index is 0.125. The molecule has 0 atom stereocenters. The Labute approximate surface area is 117 Å². The molecule has 1 aromatic carbocycles. The molecular weight excluding hydrogens is 257 g/mol. The molecule has 98 valence electrons. The van der Waals surface area contributed by atoms with E-state index >= 15 is 0 Å². The molecule has 3 heterocycles. The second kappa shape index (κ2) is 3.90. The summed E-state index contributed by atoms with van der Waals surface area (Å²) >= 11 is 0. The van der Waals surface area contributed by atoms with Crippen molar-refractivity contribution in [3.05, 3.63) is 48.5 Å². The summed E-state index contributed by atoms with van der Waals surface area (Å²) in [6, 6.07) is 9.61. The van der Waals surface area contributed by atoms with E-state index in [9.17, 15) is 4.39 Å². The van der Waals surface area contributed by atoms with Gasteiger partial charge in [0.25, 0.3) is 0 Å². The number of oxazole rings is 1. The second-order valence-corrected chi connectivity index (χ2v) is 4.44. The van der Waals surface area contributed by atoms with Crippen molar-refractivity contribution in [1.82, 2.24) is 14.5 Å². The van der Waals surface area contributed by atoms with Gasteiger partial charge < -0.3 is 8.98 Å². The summed E-state index contributed by atoms with van der Waals surface area (Å²) in [6.07, 6.45) is 1.52. The van der Waals surface area contributed by atoms with Crippen molar-refractivity contribution >= 4 is 22.1 Å². The fourth-order valence-corrected chi connectivity index (χ4v) is 2.19. The van der Waals surface area contributed by atoms with Crippen molar-refractivity contribution in [3.8, 4) is 11.5 Å². The topological polar surface area (TPSA) is 43.9 Å². The van der Waals surface area contributed by atoms with Crippen molar-refractivity contribution in [2.24, 2.45) is 6.98 Å². The number of aromatic nitrogens is 3. The summed E-state index contributed by atoms with van der Waals surface area (Å²) in [6.45, 7) is -2.23. The van der Waals surface area contributed by atoms with Crippen LogP contribution in [0.4, 0.5) is 4.39 Å². The van der Waals surface area contributed by atoms with Crippen LogP contribution in [0.15, 0.2) is 47.0 Å². The molecule has 4 rings (SSSR count). The molecule has 0 saturated carbocycles. The number of hydrogen-bond donors (Lipinski definition) is 0. The molecule has 4 aromatic rings. The fraction of sp³-hybridized carbons (Fsp3) is 0.0667. The molecule has 0 amide bonds. The van der Waals surface area contributed by atoms with Crippen molar-refractivity contribution in [2.75, 3.05) is 0 Å². The maximum atomic E-state index is 13.1. The average Bonchev–Trinajstić information content (AvgIpc) is 3.08. The minimum Gasteiger partial charge on any atom is -0.418 e. The zero-order valence-electron chi connectivity index (χ0n) is 13.2. The summed E-state index contributed by atoms with van der Waals surface area (Å²) in [5.74, 6) is -0.327. The summed E-state index contributed by atoms with van der Waals surface area (Å²) in [5.41, 5.74) is 1.84. The van der Waals surface area contributed by atoms with Gasteiger partial charge in [0.2, 0.25) is 17.6 Å². The van der Waals surface area contributed by atoms with Crippen LogP contribution in [-0.2, 0) is 6.98 Å². The van der Waals surface area contributed by atoms with Crippen LogP contribution >= 0.6 is 0 Å². The zero-order chi connectivity index (χ0) is 16.2. The Morgan fingerprint density at radius 3 is 3.05 bits per heavy atom. The van der Waals surface area contributed by atoms with Crippen molar-refractivity contribution in [2.45, 2.75) is 0 Å². The highest BCUT2D eigenvalue weighted by atomic mass is 19.1. The summed E-state index contributed by atoms with van der Waals surface area (Å²) in [7, 11) is 0. The van der Waals surface area contributed by atoms with Gasteiger partial charge in [0.15, 0.2) is 0 Å². The number of rotatable bonds is 1. The van der Waals surface area contributed by atoms with E-state index in [0.29, 0.717) is 22.5 Å². The molecular formula is C15H10FN3O. The molecule has 0 unspecified atom stereocenters. The number of aryl methyl sites for hydroxylation is 1. The monoisotopic (exact) mass is 273 g/mol. The molecule has 0 saturated heterocycles. The predicted octanol–water partition coefficient (Wildman–Crippen LogP) is 3.52. The number of benzene rings is 1. The van der Waals surface area contributed by atoms with Gasteiger partial charge in [-0.1, -0.05) is 0 Å². The summed E-state index contributed by atoms with van der Waals surface area (Å²) < 4.78 is 42.3. The van der Waals surface area contributed by atoms with Gasteiger partial charge in [0.05, 0.1) is 0 Å². The van der Waals surface area contributed by atoms with Gasteiger partial charge >= 0.3 is 0 Å². The van der Waals surface area contributed by atoms with E-state index in [1.54, 1.807) is 24.3 Å². The van der Waals surface area contributed by atoms with Crippen molar-refractivity contribution in [3.63, 3.8) is 0 Å². The standard InChI is InChI=1S/C15H10FN3O/c1-19-7-6-9-8-10(2-4-12(9)19)14-17-11-3-5-13(16)18-15(11)20-14/h2-8H,1H3/i1T3. The predicted molar refractivity (Wildman–Crippen MR) is 73.7 cm³/mol. The van der Waals surface area contributed by atoms with E-state index in [1.165, 1.54) is 22.9 Å². The molecule has 3 aromatic heterocycles. The van der Waals surface area contributed by atoms with Crippen LogP contribution in [0.1, 0.15) is 4.11 Å². The first-order valence-corrected chi connectivity index (χ1v) is 5.97. The molecule has 0 aliphatic carbocycles. The Balaban J connectivity index is 1.85.